The number of nitrogens with zero attached hydrogens (tertiary/aromatic N) is 4. The molecule has 1 aromatic carbocycles. The molecule has 10 heteroatoms. The second-order valence-electron chi connectivity index (χ2n) is 8.97. The van der Waals surface area contributed by atoms with Gasteiger partial charge in [0.05, 0.1) is 12.8 Å². The van der Waals surface area contributed by atoms with Gasteiger partial charge in [-0.1, -0.05) is 26.8 Å². The quantitative estimate of drug-likeness (QED) is 0.661. The highest BCUT2D eigenvalue weighted by atomic mass is 16.5. The van der Waals surface area contributed by atoms with E-state index in [1.165, 1.54) is 21.6 Å². The fourth-order valence-corrected chi connectivity index (χ4v) is 3.73. The molecule has 3 N–H and O–H groups in total. The van der Waals surface area contributed by atoms with Gasteiger partial charge in [-0.15, -0.1) is 0 Å². The molecule has 0 bridgehead atoms. The second-order valence-corrected chi connectivity index (χ2v) is 8.97. The van der Waals surface area contributed by atoms with Crippen LogP contribution in [-0.2, 0) is 17.3 Å². The largest absolute Gasteiger partial charge is 0.497 e. The molecule has 1 unspecified atom stereocenters. The maximum Gasteiger partial charge on any atom is 0.274 e. The van der Waals surface area contributed by atoms with E-state index in [2.05, 4.69) is 10.4 Å². The Morgan fingerprint density at radius 1 is 1.15 bits per heavy atom. The molecule has 178 valence electrons. The molecule has 0 aliphatic carbocycles. The van der Waals surface area contributed by atoms with Gasteiger partial charge >= 0.3 is 0 Å². The molecule has 1 aliphatic rings. The molecule has 33 heavy (non-hydrogen) atoms. The molecular formula is C23H32N6O4. The third kappa shape index (κ3) is 5.00. The molecule has 3 rings (SSSR count). The first kappa shape index (κ1) is 24.2. The maximum atomic E-state index is 13.5. The summed E-state index contributed by atoms with van der Waals surface area (Å²) in [6, 6.07) is 8.44. The van der Waals surface area contributed by atoms with Crippen LogP contribution in [-0.4, -0.2) is 76.8 Å². The number of methoxy groups -OCH3 is 1. The first-order valence-electron chi connectivity index (χ1n) is 10.9. The zero-order valence-electron chi connectivity index (χ0n) is 19.8. The van der Waals surface area contributed by atoms with Crippen molar-refractivity contribution in [3.63, 3.8) is 0 Å². The van der Waals surface area contributed by atoms with Crippen molar-refractivity contribution in [3.8, 4) is 5.75 Å². The lowest BCUT2D eigenvalue weighted by Gasteiger charge is -2.29. The summed E-state index contributed by atoms with van der Waals surface area (Å²) in [5.41, 5.74) is 6.79. The van der Waals surface area contributed by atoms with Gasteiger partial charge in [-0.05, 0) is 24.3 Å². The van der Waals surface area contributed by atoms with Gasteiger partial charge in [-0.25, -0.2) is 0 Å². The zero-order valence-corrected chi connectivity index (χ0v) is 19.8. The van der Waals surface area contributed by atoms with Crippen molar-refractivity contribution < 1.29 is 19.1 Å². The van der Waals surface area contributed by atoms with Crippen molar-refractivity contribution in [1.82, 2.24) is 24.9 Å². The van der Waals surface area contributed by atoms with Gasteiger partial charge in [-0.3, -0.25) is 19.1 Å². The predicted molar refractivity (Wildman–Crippen MR) is 123 cm³/mol. The van der Waals surface area contributed by atoms with E-state index in [4.69, 9.17) is 10.5 Å². The van der Waals surface area contributed by atoms with E-state index >= 15 is 0 Å². The van der Waals surface area contributed by atoms with E-state index in [0.717, 1.165) is 5.69 Å². The average molecular weight is 457 g/mol. The number of aryl methyl sites for hydroxylation is 1. The Hall–Kier alpha value is -3.40. The van der Waals surface area contributed by atoms with Crippen LogP contribution in [0.2, 0.25) is 0 Å². The Balaban J connectivity index is 1.94. The minimum atomic E-state index is -1.10. The Bertz CT molecular complexity index is 1040. The van der Waals surface area contributed by atoms with Crippen LogP contribution in [0, 0.1) is 0 Å². The molecule has 0 saturated carbocycles. The number of carbonyl (C=O) groups excluding carboxylic acids is 3. The monoisotopic (exact) mass is 456 g/mol. The molecular weight excluding hydrogens is 424 g/mol. The van der Waals surface area contributed by atoms with Gasteiger partial charge in [0.15, 0.2) is 6.17 Å². The lowest BCUT2D eigenvalue weighted by Crippen LogP contribution is -2.54. The normalized spacial score (nSPS) is 16.1. The molecule has 0 spiro atoms. The number of nitrogens with two attached hydrogens (primary N) is 1. The summed E-state index contributed by atoms with van der Waals surface area (Å²) in [5.74, 6) is -0.658. The molecule has 1 saturated heterocycles. The van der Waals surface area contributed by atoms with E-state index in [-0.39, 0.29) is 43.4 Å². The van der Waals surface area contributed by atoms with Gasteiger partial charge in [0, 0.05) is 44.2 Å². The summed E-state index contributed by atoms with van der Waals surface area (Å²) < 4.78 is 6.74. The maximum absolute atomic E-state index is 13.5. The van der Waals surface area contributed by atoms with Crippen LogP contribution >= 0.6 is 0 Å². The van der Waals surface area contributed by atoms with Crippen LogP contribution in [0.15, 0.2) is 30.3 Å². The molecule has 2 heterocycles. The lowest BCUT2D eigenvalue weighted by molar-refractivity contribution is -0.128. The molecule has 10 nitrogen and oxygen atoms in total. The highest BCUT2D eigenvalue weighted by Gasteiger charge is 2.44. The van der Waals surface area contributed by atoms with Crippen molar-refractivity contribution in [1.29, 1.82) is 0 Å². The highest BCUT2D eigenvalue weighted by Crippen LogP contribution is 2.25. The summed E-state index contributed by atoms with van der Waals surface area (Å²) in [4.78, 5) is 42.7. The van der Waals surface area contributed by atoms with Crippen molar-refractivity contribution in [2.75, 3.05) is 33.3 Å². The molecule has 1 atom stereocenters. The highest BCUT2D eigenvalue weighted by molar-refractivity contribution is 6.01. The number of hydrogen-bond acceptors (Lipinski definition) is 6. The van der Waals surface area contributed by atoms with Gasteiger partial charge in [0.2, 0.25) is 0 Å². The number of carbonyl (C=O) groups is 3. The topological polar surface area (TPSA) is 123 Å². The molecule has 1 aromatic heterocycles. The minimum Gasteiger partial charge on any atom is -0.497 e. The summed E-state index contributed by atoms with van der Waals surface area (Å²) in [6.07, 6.45) is -1.10. The van der Waals surface area contributed by atoms with E-state index in [0.29, 0.717) is 17.0 Å². The average Bonchev–Trinajstić information content (AvgIpc) is 3.40. The van der Waals surface area contributed by atoms with Gasteiger partial charge < -0.3 is 25.6 Å². The van der Waals surface area contributed by atoms with E-state index in [9.17, 15) is 14.4 Å². The molecule has 1 aliphatic heterocycles. The number of amides is 3. The summed E-state index contributed by atoms with van der Waals surface area (Å²) in [7, 11) is 3.21. The molecule has 1 fully saturated rings. The third-order valence-corrected chi connectivity index (χ3v) is 5.56. The minimum absolute atomic E-state index is 0.214. The number of nitrogens with one attached hydrogen (secondary N) is 1. The van der Waals surface area contributed by atoms with E-state index < -0.39 is 12.1 Å². The number of hydrogen-bond donors (Lipinski definition) is 2. The SMILES string of the molecule is COc1cccc(C(=O)N2CCN(C(=O)c3cc(C(C)(C)C)nn3C)C2C(=O)NCCN)c1. The number of benzene rings is 1. The van der Waals surface area contributed by atoms with Crippen LogP contribution in [0.4, 0.5) is 0 Å². The van der Waals surface area contributed by atoms with Crippen LogP contribution in [0.25, 0.3) is 0 Å². The number of aromatic nitrogens is 2. The molecule has 2 aromatic rings. The Kier molecular flexibility index (Phi) is 7.06. The van der Waals surface area contributed by atoms with E-state index in [1.807, 2.05) is 20.8 Å². The van der Waals surface area contributed by atoms with Crippen molar-refractivity contribution in [2.24, 2.45) is 12.8 Å². The van der Waals surface area contributed by atoms with Crippen LogP contribution < -0.4 is 15.8 Å². The fourth-order valence-electron chi connectivity index (χ4n) is 3.73. The van der Waals surface area contributed by atoms with Crippen LogP contribution in [0.5, 0.6) is 5.75 Å². The van der Waals surface area contributed by atoms with Crippen molar-refractivity contribution >= 4 is 17.7 Å². The third-order valence-electron chi connectivity index (χ3n) is 5.56. The van der Waals surface area contributed by atoms with Crippen LogP contribution in [0.1, 0.15) is 47.3 Å². The lowest BCUT2D eigenvalue weighted by atomic mass is 9.92. The Morgan fingerprint density at radius 3 is 2.39 bits per heavy atom. The van der Waals surface area contributed by atoms with Crippen molar-refractivity contribution in [3.05, 3.63) is 47.3 Å². The zero-order chi connectivity index (χ0) is 24.3. The number of ether oxygens (including phenoxy) is 1. The molecule has 0 radical (unpaired) electrons. The summed E-state index contributed by atoms with van der Waals surface area (Å²) >= 11 is 0. The van der Waals surface area contributed by atoms with E-state index in [1.54, 1.807) is 37.4 Å². The van der Waals surface area contributed by atoms with Gasteiger partial charge in [0.25, 0.3) is 17.7 Å². The smallest absolute Gasteiger partial charge is 0.274 e. The predicted octanol–water partition coefficient (Wildman–Crippen LogP) is 0.725. The Labute approximate surface area is 193 Å². The second kappa shape index (κ2) is 9.62. The first-order valence-corrected chi connectivity index (χ1v) is 10.9. The van der Waals surface area contributed by atoms with Gasteiger partial charge in [0.1, 0.15) is 11.4 Å². The Morgan fingerprint density at radius 2 is 1.82 bits per heavy atom. The van der Waals surface area contributed by atoms with Crippen LogP contribution in [0.3, 0.4) is 0 Å². The molecule has 3 amide bonds. The fraction of sp³-hybridized carbons (Fsp3) is 0.478. The number of rotatable bonds is 6. The summed E-state index contributed by atoms with van der Waals surface area (Å²) in [6.45, 7) is 6.94. The first-order chi connectivity index (χ1) is 15.6. The van der Waals surface area contributed by atoms with Gasteiger partial charge in [-0.2, -0.15) is 5.10 Å². The van der Waals surface area contributed by atoms with Crippen molar-refractivity contribution in [2.45, 2.75) is 32.4 Å². The summed E-state index contributed by atoms with van der Waals surface area (Å²) in [5, 5.41) is 7.19. The standard InChI is InChI=1S/C23H32N6O4/c1-23(2,3)18-14-17(27(4)26-18)22(32)29-12-11-28(20(29)19(30)25-10-9-24)21(31)15-7-6-8-16(13-15)33-5/h6-8,13-14,20H,9-12,24H2,1-5H3,(H,25,30).